The van der Waals surface area contributed by atoms with Gasteiger partial charge in [-0.05, 0) is 24.1 Å². The summed E-state index contributed by atoms with van der Waals surface area (Å²) in [6.45, 7) is 7.51. The Labute approximate surface area is 137 Å². The second kappa shape index (κ2) is 6.79. The SMILES string of the molecule is CC(C)(C)C1(Oc2cccc(CCO)c2)CCN(C(=O)O)CC1. The maximum atomic E-state index is 11.2. The topological polar surface area (TPSA) is 70.0 Å². The Balaban J connectivity index is 2.20. The Bertz CT molecular complexity index is 542. The minimum Gasteiger partial charge on any atom is -0.487 e. The van der Waals surface area contributed by atoms with Crippen LogP contribution in [0.3, 0.4) is 0 Å². The highest BCUT2D eigenvalue weighted by Crippen LogP contribution is 2.42. The lowest BCUT2D eigenvalue weighted by atomic mass is 9.70. The average Bonchev–Trinajstić information content (AvgIpc) is 2.47. The van der Waals surface area contributed by atoms with Crippen LogP contribution in [0.1, 0.15) is 39.2 Å². The number of aliphatic hydroxyl groups is 1. The molecule has 1 fully saturated rings. The van der Waals surface area contributed by atoms with Crippen molar-refractivity contribution in [1.29, 1.82) is 0 Å². The Morgan fingerprint density at radius 1 is 1.30 bits per heavy atom. The summed E-state index contributed by atoms with van der Waals surface area (Å²) in [5.74, 6) is 0.787. The summed E-state index contributed by atoms with van der Waals surface area (Å²) in [5.41, 5.74) is 0.540. The molecule has 2 rings (SSSR count). The number of rotatable bonds is 4. The minimum absolute atomic E-state index is 0.107. The highest BCUT2D eigenvalue weighted by molar-refractivity contribution is 5.65. The molecule has 1 heterocycles. The zero-order valence-electron chi connectivity index (χ0n) is 14.2. The fourth-order valence-electron chi connectivity index (χ4n) is 3.18. The normalized spacial score (nSPS) is 17.8. The number of likely N-dealkylation sites (tertiary alicyclic amines) is 1. The number of amides is 1. The van der Waals surface area contributed by atoms with Gasteiger partial charge in [-0.25, -0.2) is 4.79 Å². The predicted octanol–water partition coefficient (Wildman–Crippen LogP) is 3.16. The molecule has 128 valence electrons. The van der Waals surface area contributed by atoms with Crippen molar-refractivity contribution in [2.75, 3.05) is 19.7 Å². The molecule has 2 N–H and O–H groups in total. The van der Waals surface area contributed by atoms with E-state index in [1.54, 1.807) is 0 Å². The van der Waals surface area contributed by atoms with E-state index in [9.17, 15) is 4.79 Å². The van der Waals surface area contributed by atoms with Crippen LogP contribution in [0, 0.1) is 5.41 Å². The number of carboxylic acid groups (broad SMARTS) is 1. The van der Waals surface area contributed by atoms with Crippen molar-refractivity contribution in [2.45, 2.75) is 45.6 Å². The number of aliphatic hydroxyl groups excluding tert-OH is 1. The Kier molecular flexibility index (Phi) is 5.19. The zero-order chi connectivity index (χ0) is 17.1. The molecule has 1 aromatic rings. The maximum absolute atomic E-state index is 11.2. The summed E-state index contributed by atoms with van der Waals surface area (Å²) in [6, 6.07) is 7.80. The van der Waals surface area contributed by atoms with Gasteiger partial charge in [-0.2, -0.15) is 0 Å². The molecular weight excluding hydrogens is 294 g/mol. The lowest BCUT2D eigenvalue weighted by Gasteiger charge is -2.49. The Morgan fingerprint density at radius 3 is 2.48 bits per heavy atom. The first-order chi connectivity index (χ1) is 10.8. The Hall–Kier alpha value is -1.75. The number of hydrogen-bond acceptors (Lipinski definition) is 3. The van der Waals surface area contributed by atoms with E-state index in [1.807, 2.05) is 24.3 Å². The van der Waals surface area contributed by atoms with Crippen LogP contribution in [0.15, 0.2) is 24.3 Å². The fourth-order valence-corrected chi connectivity index (χ4v) is 3.18. The quantitative estimate of drug-likeness (QED) is 0.894. The number of benzene rings is 1. The van der Waals surface area contributed by atoms with Crippen LogP contribution < -0.4 is 4.74 Å². The van der Waals surface area contributed by atoms with Gasteiger partial charge in [-0.3, -0.25) is 0 Å². The van der Waals surface area contributed by atoms with E-state index in [2.05, 4.69) is 20.8 Å². The van der Waals surface area contributed by atoms with Gasteiger partial charge in [0.2, 0.25) is 0 Å². The first kappa shape index (κ1) is 17.6. The van der Waals surface area contributed by atoms with Crippen molar-refractivity contribution in [3.8, 4) is 5.75 Å². The van der Waals surface area contributed by atoms with Crippen molar-refractivity contribution >= 4 is 6.09 Å². The second-order valence-electron chi connectivity index (χ2n) is 7.24. The van der Waals surface area contributed by atoms with Gasteiger partial charge in [0.25, 0.3) is 0 Å². The van der Waals surface area contributed by atoms with E-state index in [0.717, 1.165) is 11.3 Å². The van der Waals surface area contributed by atoms with Crippen LogP contribution in [0.2, 0.25) is 0 Å². The third-order valence-electron chi connectivity index (χ3n) is 4.82. The van der Waals surface area contributed by atoms with Crippen LogP contribution in [-0.4, -0.2) is 46.5 Å². The van der Waals surface area contributed by atoms with Crippen molar-refractivity contribution in [3.05, 3.63) is 29.8 Å². The summed E-state index contributed by atoms with van der Waals surface area (Å²) in [4.78, 5) is 12.6. The lowest BCUT2D eigenvalue weighted by Crippen LogP contribution is -2.56. The van der Waals surface area contributed by atoms with Gasteiger partial charge in [-0.1, -0.05) is 32.9 Å². The molecule has 23 heavy (non-hydrogen) atoms. The smallest absolute Gasteiger partial charge is 0.407 e. The van der Waals surface area contributed by atoms with Crippen molar-refractivity contribution < 1.29 is 19.7 Å². The molecule has 0 atom stereocenters. The molecule has 0 aromatic heterocycles. The van der Waals surface area contributed by atoms with E-state index in [0.29, 0.717) is 32.4 Å². The van der Waals surface area contributed by atoms with Gasteiger partial charge in [0.15, 0.2) is 0 Å². The van der Waals surface area contributed by atoms with Gasteiger partial charge in [0.1, 0.15) is 11.4 Å². The predicted molar refractivity (Wildman–Crippen MR) is 88.9 cm³/mol. The first-order valence-corrected chi connectivity index (χ1v) is 8.14. The van der Waals surface area contributed by atoms with Crippen LogP contribution >= 0.6 is 0 Å². The van der Waals surface area contributed by atoms with E-state index < -0.39 is 11.7 Å². The van der Waals surface area contributed by atoms with Crippen LogP contribution in [0.25, 0.3) is 0 Å². The molecule has 0 aliphatic carbocycles. The van der Waals surface area contributed by atoms with Crippen LogP contribution in [0.5, 0.6) is 5.75 Å². The van der Waals surface area contributed by atoms with Gasteiger partial charge in [0, 0.05) is 38.0 Å². The monoisotopic (exact) mass is 321 g/mol. The molecule has 0 bridgehead atoms. The van der Waals surface area contributed by atoms with Gasteiger partial charge in [-0.15, -0.1) is 0 Å². The van der Waals surface area contributed by atoms with E-state index in [-0.39, 0.29) is 12.0 Å². The van der Waals surface area contributed by atoms with E-state index >= 15 is 0 Å². The molecule has 5 heteroatoms. The number of hydrogen-bond donors (Lipinski definition) is 2. The first-order valence-electron chi connectivity index (χ1n) is 8.14. The van der Waals surface area contributed by atoms with Gasteiger partial charge in [0.05, 0.1) is 0 Å². The lowest BCUT2D eigenvalue weighted by molar-refractivity contribution is -0.0738. The molecule has 0 unspecified atom stereocenters. The molecule has 1 amide bonds. The van der Waals surface area contributed by atoms with Crippen molar-refractivity contribution in [3.63, 3.8) is 0 Å². The third-order valence-corrected chi connectivity index (χ3v) is 4.82. The fraction of sp³-hybridized carbons (Fsp3) is 0.611. The largest absolute Gasteiger partial charge is 0.487 e. The summed E-state index contributed by atoms with van der Waals surface area (Å²) >= 11 is 0. The van der Waals surface area contributed by atoms with Gasteiger partial charge < -0.3 is 19.8 Å². The second-order valence-corrected chi connectivity index (χ2v) is 7.24. The average molecular weight is 321 g/mol. The maximum Gasteiger partial charge on any atom is 0.407 e. The summed E-state index contributed by atoms with van der Waals surface area (Å²) < 4.78 is 6.42. The summed E-state index contributed by atoms with van der Waals surface area (Å²) in [7, 11) is 0. The molecule has 1 aromatic carbocycles. The van der Waals surface area contributed by atoms with E-state index in [4.69, 9.17) is 14.9 Å². The molecule has 0 saturated carbocycles. The molecule has 0 spiro atoms. The van der Waals surface area contributed by atoms with Crippen LogP contribution in [-0.2, 0) is 6.42 Å². The van der Waals surface area contributed by atoms with Crippen molar-refractivity contribution in [1.82, 2.24) is 4.90 Å². The third kappa shape index (κ3) is 3.96. The Morgan fingerprint density at radius 2 is 1.96 bits per heavy atom. The van der Waals surface area contributed by atoms with Crippen molar-refractivity contribution in [2.24, 2.45) is 5.41 Å². The zero-order valence-corrected chi connectivity index (χ0v) is 14.2. The molecule has 0 radical (unpaired) electrons. The summed E-state index contributed by atoms with van der Waals surface area (Å²) in [6.07, 6.45) is 1.09. The molecule has 5 nitrogen and oxygen atoms in total. The minimum atomic E-state index is -0.863. The van der Waals surface area contributed by atoms with Gasteiger partial charge >= 0.3 is 6.09 Å². The standard InChI is InChI=1S/C18H27NO4/c1-17(2,3)18(8-10-19(11-9-18)16(21)22)23-15-6-4-5-14(13-15)7-12-20/h4-6,13,20H,7-12H2,1-3H3,(H,21,22). The van der Waals surface area contributed by atoms with Crippen LogP contribution in [0.4, 0.5) is 4.79 Å². The molecular formula is C18H27NO4. The number of piperidine rings is 1. The number of ether oxygens (including phenoxy) is 1. The van der Waals surface area contributed by atoms with E-state index in [1.165, 1.54) is 4.90 Å². The molecule has 1 saturated heterocycles. The highest BCUT2D eigenvalue weighted by Gasteiger charge is 2.47. The summed E-state index contributed by atoms with van der Waals surface area (Å²) in [5, 5.41) is 18.2. The molecule has 1 aliphatic heterocycles. The highest BCUT2D eigenvalue weighted by atomic mass is 16.5. The number of nitrogens with zero attached hydrogens (tertiary/aromatic N) is 1. The number of carbonyl (C=O) groups is 1. The molecule has 1 aliphatic rings.